The molecule has 0 aliphatic carbocycles. The molecule has 0 spiro atoms. The fraction of sp³-hybridized carbons (Fsp3) is 0.211. The molecule has 156 valence electrons. The third-order valence-electron chi connectivity index (χ3n) is 5.04. The van der Waals surface area contributed by atoms with E-state index in [1.54, 1.807) is 19.9 Å². The predicted molar refractivity (Wildman–Crippen MR) is 106 cm³/mol. The van der Waals surface area contributed by atoms with Gasteiger partial charge in [-0.3, -0.25) is 19.5 Å². The van der Waals surface area contributed by atoms with Gasteiger partial charge in [0.2, 0.25) is 5.95 Å². The number of carbonyl (C=O) groups is 2. The lowest BCUT2D eigenvalue weighted by molar-refractivity contribution is -0.213. The summed E-state index contributed by atoms with van der Waals surface area (Å²) >= 11 is 11.8. The van der Waals surface area contributed by atoms with Crippen LogP contribution in [0.3, 0.4) is 0 Å². The van der Waals surface area contributed by atoms with E-state index >= 15 is 0 Å². The molecule has 30 heavy (non-hydrogen) atoms. The average molecular weight is 457 g/mol. The molecule has 0 radical (unpaired) electrons. The van der Waals surface area contributed by atoms with Crippen molar-refractivity contribution in [1.82, 2.24) is 14.9 Å². The van der Waals surface area contributed by atoms with Crippen LogP contribution in [0.2, 0.25) is 10.0 Å². The van der Waals surface area contributed by atoms with Gasteiger partial charge in [-0.1, -0.05) is 23.2 Å². The zero-order valence-corrected chi connectivity index (χ0v) is 17.0. The van der Waals surface area contributed by atoms with Crippen LogP contribution >= 0.6 is 23.2 Å². The maximum absolute atomic E-state index is 14.4. The van der Waals surface area contributed by atoms with E-state index < -0.39 is 23.7 Å². The molecule has 1 aromatic heterocycles. The second-order valence-corrected chi connectivity index (χ2v) is 7.78. The number of alkyl halides is 3. The highest BCUT2D eigenvalue weighted by atomic mass is 35.5. The van der Waals surface area contributed by atoms with Gasteiger partial charge in [0, 0.05) is 5.02 Å². The molecule has 0 fully saturated rings. The molecule has 1 unspecified atom stereocenters. The van der Waals surface area contributed by atoms with Crippen molar-refractivity contribution in [3.63, 3.8) is 0 Å². The second kappa shape index (κ2) is 6.61. The minimum absolute atomic E-state index is 0.0475. The molecule has 3 aromatic rings. The van der Waals surface area contributed by atoms with Crippen LogP contribution < -0.4 is 10.6 Å². The number of nitrogens with zero attached hydrogens (tertiary/aromatic N) is 2. The van der Waals surface area contributed by atoms with Crippen LogP contribution in [-0.2, 0) is 10.5 Å². The fourth-order valence-corrected chi connectivity index (χ4v) is 3.89. The Bertz CT molecular complexity index is 1240. The highest BCUT2D eigenvalue weighted by molar-refractivity contribution is 6.36. The quantitative estimate of drug-likeness (QED) is 0.593. The maximum atomic E-state index is 14.4. The number of anilines is 1. The Labute approximate surface area is 178 Å². The summed E-state index contributed by atoms with van der Waals surface area (Å²) in [5.74, 6) is -2.99. The van der Waals surface area contributed by atoms with E-state index in [9.17, 15) is 22.8 Å². The van der Waals surface area contributed by atoms with Crippen LogP contribution in [0, 0.1) is 13.8 Å². The molecule has 1 atom stereocenters. The van der Waals surface area contributed by atoms with Crippen LogP contribution in [0.25, 0.3) is 11.0 Å². The average Bonchev–Trinajstić information content (AvgIpc) is 3.09. The molecule has 2 N–H and O–H groups in total. The van der Waals surface area contributed by atoms with Crippen LogP contribution in [0.15, 0.2) is 30.3 Å². The lowest BCUT2D eigenvalue weighted by Crippen LogP contribution is -2.63. The van der Waals surface area contributed by atoms with Crippen molar-refractivity contribution in [2.45, 2.75) is 25.7 Å². The normalized spacial score (nSPS) is 18.4. The van der Waals surface area contributed by atoms with Crippen molar-refractivity contribution >= 4 is 52.0 Å². The Morgan fingerprint density at radius 2 is 1.83 bits per heavy atom. The highest BCUT2D eigenvalue weighted by Gasteiger charge is 2.67. The predicted octanol–water partition coefficient (Wildman–Crippen LogP) is 4.56. The van der Waals surface area contributed by atoms with Crippen LogP contribution in [0.1, 0.15) is 21.5 Å². The number of rotatable bonds is 2. The van der Waals surface area contributed by atoms with E-state index in [2.05, 4.69) is 10.3 Å². The van der Waals surface area contributed by atoms with Crippen molar-refractivity contribution in [2.75, 3.05) is 5.32 Å². The molecule has 2 heterocycles. The molecule has 1 aliphatic heterocycles. The largest absolute Gasteiger partial charge is 0.440 e. The summed E-state index contributed by atoms with van der Waals surface area (Å²) in [6, 6.07) is 6.81. The number of carbonyl (C=O) groups excluding carboxylic acids is 2. The third kappa shape index (κ3) is 2.84. The number of aromatic nitrogens is 2. The molecule has 11 heteroatoms. The Morgan fingerprint density at radius 1 is 1.17 bits per heavy atom. The van der Waals surface area contributed by atoms with E-state index in [4.69, 9.17) is 23.2 Å². The number of imidazole rings is 1. The first kappa shape index (κ1) is 20.5. The number of hydrogen-bond acceptors (Lipinski definition) is 3. The van der Waals surface area contributed by atoms with Crippen molar-refractivity contribution < 1.29 is 22.8 Å². The van der Waals surface area contributed by atoms with E-state index in [1.807, 2.05) is 5.32 Å². The van der Waals surface area contributed by atoms with Crippen molar-refractivity contribution in [3.8, 4) is 0 Å². The van der Waals surface area contributed by atoms with Crippen molar-refractivity contribution in [2.24, 2.45) is 0 Å². The Hall–Kier alpha value is -2.78. The summed E-state index contributed by atoms with van der Waals surface area (Å²) in [5, 5.41) is 4.02. The Balaban J connectivity index is 1.93. The number of nitrogens with one attached hydrogen (secondary N) is 2. The summed E-state index contributed by atoms with van der Waals surface area (Å²) < 4.78 is 43.8. The molecule has 4 rings (SSSR count). The number of halogens is 5. The highest BCUT2D eigenvalue weighted by Crippen LogP contribution is 2.44. The standard InChI is InChI=1S/C19H13Cl2F3N4O2/c1-8-5-13-14(6-9(8)2)28-17(25-13)26-16(30)18(28,19(22,23)24)27-15(29)11-4-3-10(20)7-12(11)21/h3-7H,1-2H3,(H,27,29)(H,25,26,30). The van der Waals surface area contributed by atoms with Crippen LogP contribution in [0.5, 0.6) is 0 Å². The van der Waals surface area contributed by atoms with Gasteiger partial charge in [0.25, 0.3) is 17.5 Å². The molecule has 0 saturated carbocycles. The van der Waals surface area contributed by atoms with E-state index in [1.165, 1.54) is 24.3 Å². The van der Waals surface area contributed by atoms with Gasteiger partial charge in [0.1, 0.15) is 0 Å². The molecule has 6 nitrogen and oxygen atoms in total. The Morgan fingerprint density at radius 3 is 2.47 bits per heavy atom. The van der Waals surface area contributed by atoms with Gasteiger partial charge in [-0.2, -0.15) is 13.2 Å². The molecular formula is C19H13Cl2F3N4O2. The molecule has 0 saturated heterocycles. The lowest BCUT2D eigenvalue weighted by atomic mass is 10.1. The number of aryl methyl sites for hydroxylation is 2. The summed E-state index contributed by atoms with van der Waals surface area (Å²) in [6.07, 6.45) is -5.19. The van der Waals surface area contributed by atoms with Gasteiger partial charge in [-0.15, -0.1) is 0 Å². The molecule has 1 aliphatic rings. The number of amides is 2. The monoisotopic (exact) mass is 456 g/mol. The fourth-order valence-electron chi connectivity index (χ4n) is 3.39. The summed E-state index contributed by atoms with van der Waals surface area (Å²) in [6.45, 7) is 3.51. The van der Waals surface area contributed by atoms with Crippen molar-refractivity contribution in [3.05, 3.63) is 57.1 Å². The number of fused-ring (bicyclic) bond motifs is 3. The van der Waals surface area contributed by atoms with Gasteiger partial charge in [0.15, 0.2) is 0 Å². The lowest BCUT2D eigenvalue weighted by Gasteiger charge is -2.32. The van der Waals surface area contributed by atoms with Crippen molar-refractivity contribution in [1.29, 1.82) is 0 Å². The zero-order valence-electron chi connectivity index (χ0n) is 15.5. The minimum Gasteiger partial charge on any atom is -0.313 e. The SMILES string of the molecule is Cc1cc2nc3n(c2cc1C)C(NC(=O)c1ccc(Cl)cc1Cl)(C(F)(F)F)C(=O)N3. The van der Waals surface area contributed by atoms with Crippen LogP contribution in [0.4, 0.5) is 19.1 Å². The van der Waals surface area contributed by atoms with Gasteiger partial charge in [0.05, 0.1) is 21.6 Å². The van der Waals surface area contributed by atoms with Gasteiger partial charge in [-0.25, -0.2) is 4.98 Å². The molecular weight excluding hydrogens is 444 g/mol. The first-order valence-corrected chi connectivity index (χ1v) is 9.37. The first-order valence-electron chi connectivity index (χ1n) is 8.61. The molecule has 2 amide bonds. The topological polar surface area (TPSA) is 76.0 Å². The Kier molecular flexibility index (Phi) is 4.52. The maximum Gasteiger partial charge on any atom is 0.440 e. The minimum atomic E-state index is -5.19. The van der Waals surface area contributed by atoms with Crippen LogP contribution in [-0.4, -0.2) is 27.5 Å². The van der Waals surface area contributed by atoms with Gasteiger partial charge in [-0.05, 0) is 55.3 Å². The zero-order chi connectivity index (χ0) is 22.0. The first-order chi connectivity index (χ1) is 14.0. The summed E-state index contributed by atoms with van der Waals surface area (Å²) in [7, 11) is 0. The summed E-state index contributed by atoms with van der Waals surface area (Å²) in [5.41, 5.74) is -1.85. The van der Waals surface area contributed by atoms with E-state index in [0.29, 0.717) is 10.1 Å². The van der Waals surface area contributed by atoms with E-state index in [-0.39, 0.29) is 32.6 Å². The number of hydrogen-bond donors (Lipinski definition) is 2. The molecule has 0 bridgehead atoms. The molecule has 2 aromatic carbocycles. The summed E-state index contributed by atoms with van der Waals surface area (Å²) in [4.78, 5) is 29.5. The third-order valence-corrected chi connectivity index (χ3v) is 5.59. The smallest absolute Gasteiger partial charge is 0.313 e. The number of benzene rings is 2. The second-order valence-electron chi connectivity index (χ2n) is 6.94. The van der Waals surface area contributed by atoms with Gasteiger partial charge < -0.3 is 5.32 Å². The van der Waals surface area contributed by atoms with Gasteiger partial charge >= 0.3 is 6.18 Å². The van der Waals surface area contributed by atoms with E-state index in [0.717, 1.165) is 5.56 Å².